The molecule has 0 spiro atoms. The molecule has 1 aromatic carbocycles. The lowest BCUT2D eigenvalue weighted by Gasteiger charge is -2.22. The molecule has 0 saturated carbocycles. The van der Waals surface area contributed by atoms with Gasteiger partial charge in [-0.05, 0) is 6.42 Å². The Morgan fingerprint density at radius 2 is 2.06 bits per heavy atom. The normalized spacial score (nSPS) is 33.2. The minimum Gasteiger partial charge on any atom is -0.352 e. The Hall–Kier alpha value is -1.39. The van der Waals surface area contributed by atoms with Crippen LogP contribution in [0.2, 0.25) is 0 Å². The van der Waals surface area contributed by atoms with Gasteiger partial charge in [0.05, 0.1) is 18.7 Å². The average molecular weight is 218 g/mol. The van der Waals surface area contributed by atoms with E-state index < -0.39 is 0 Å². The van der Waals surface area contributed by atoms with E-state index in [9.17, 15) is 4.79 Å². The van der Waals surface area contributed by atoms with Gasteiger partial charge in [0.1, 0.15) is 0 Å². The molecule has 0 radical (unpaired) electrons. The fraction of sp³-hybridized carbons (Fsp3) is 0.417. The highest BCUT2D eigenvalue weighted by Crippen LogP contribution is 2.36. The van der Waals surface area contributed by atoms with E-state index in [2.05, 4.69) is 0 Å². The molecule has 2 fully saturated rings. The smallest absolute Gasteiger partial charge is 0.242 e. The Bertz CT molecular complexity index is 407. The number of carbonyl (C=O) groups excluding carboxylic acids is 1. The van der Waals surface area contributed by atoms with Gasteiger partial charge in [0.2, 0.25) is 5.91 Å². The van der Waals surface area contributed by atoms with Gasteiger partial charge in [-0.25, -0.2) is 0 Å². The second-order valence-corrected chi connectivity index (χ2v) is 4.34. The molecule has 2 saturated heterocycles. The molecular formula is C12H14N2O2. The predicted molar refractivity (Wildman–Crippen MR) is 58.4 cm³/mol. The third-order valence-electron chi connectivity index (χ3n) is 3.27. The Morgan fingerprint density at radius 3 is 2.81 bits per heavy atom. The van der Waals surface area contributed by atoms with Crippen molar-refractivity contribution < 1.29 is 9.53 Å². The third-order valence-corrected chi connectivity index (χ3v) is 3.27. The Balaban J connectivity index is 1.91. The molecule has 2 N–H and O–H groups in total. The molecule has 3 rings (SSSR count). The van der Waals surface area contributed by atoms with Crippen LogP contribution in [0, 0.1) is 0 Å². The number of carbonyl (C=O) groups is 1. The summed E-state index contributed by atoms with van der Waals surface area (Å²) in [5, 5.41) is 0. The highest BCUT2D eigenvalue weighted by atomic mass is 16.5. The zero-order valence-electron chi connectivity index (χ0n) is 8.87. The first-order valence-corrected chi connectivity index (χ1v) is 5.51. The summed E-state index contributed by atoms with van der Waals surface area (Å²) in [5.41, 5.74) is 6.78. The summed E-state index contributed by atoms with van der Waals surface area (Å²) in [6, 6.07) is 9.62. The monoisotopic (exact) mass is 218 g/mol. The van der Waals surface area contributed by atoms with Gasteiger partial charge in [0.25, 0.3) is 0 Å². The maximum atomic E-state index is 11.9. The van der Waals surface area contributed by atoms with Gasteiger partial charge in [-0.2, -0.15) is 0 Å². The standard InChI is InChI=1S/C12H14N2O2/c13-10-6-9-7-16-12(14(9)11(10)15)8-4-2-1-3-5-8/h1-5,9-10,12H,6-7,13H2/t9?,10-,12?/m0/s1. The minimum atomic E-state index is -0.347. The number of amides is 1. The van der Waals surface area contributed by atoms with Crippen LogP contribution in [0.15, 0.2) is 30.3 Å². The van der Waals surface area contributed by atoms with Gasteiger partial charge in [0.15, 0.2) is 6.23 Å². The maximum absolute atomic E-state index is 11.9. The summed E-state index contributed by atoms with van der Waals surface area (Å²) in [5.74, 6) is 0.0105. The molecule has 2 aliphatic heterocycles. The molecule has 4 nitrogen and oxygen atoms in total. The number of benzene rings is 1. The number of rotatable bonds is 1. The first-order valence-electron chi connectivity index (χ1n) is 5.51. The molecule has 0 aromatic heterocycles. The number of nitrogens with zero attached hydrogens (tertiary/aromatic N) is 1. The Morgan fingerprint density at radius 1 is 1.31 bits per heavy atom. The van der Waals surface area contributed by atoms with Crippen molar-refractivity contribution >= 4 is 5.91 Å². The van der Waals surface area contributed by atoms with Crippen molar-refractivity contribution in [2.45, 2.75) is 24.7 Å². The second-order valence-electron chi connectivity index (χ2n) is 4.34. The quantitative estimate of drug-likeness (QED) is 0.752. The van der Waals surface area contributed by atoms with Crippen molar-refractivity contribution in [2.75, 3.05) is 6.61 Å². The maximum Gasteiger partial charge on any atom is 0.242 e. The molecule has 16 heavy (non-hydrogen) atoms. The molecule has 0 bridgehead atoms. The average Bonchev–Trinajstić information content (AvgIpc) is 2.83. The van der Waals surface area contributed by atoms with E-state index in [-0.39, 0.29) is 24.2 Å². The van der Waals surface area contributed by atoms with Crippen LogP contribution < -0.4 is 5.73 Å². The summed E-state index contributed by atoms with van der Waals surface area (Å²) in [4.78, 5) is 13.7. The number of hydrogen-bond donors (Lipinski definition) is 1. The lowest BCUT2D eigenvalue weighted by molar-refractivity contribution is -0.135. The second kappa shape index (κ2) is 3.57. The fourth-order valence-electron chi connectivity index (χ4n) is 2.49. The number of ether oxygens (including phenoxy) is 1. The summed E-state index contributed by atoms with van der Waals surface area (Å²) < 4.78 is 5.67. The zero-order valence-corrected chi connectivity index (χ0v) is 8.87. The van der Waals surface area contributed by atoms with Crippen LogP contribution in [-0.2, 0) is 9.53 Å². The van der Waals surface area contributed by atoms with E-state index in [0.29, 0.717) is 13.0 Å². The van der Waals surface area contributed by atoms with E-state index in [0.717, 1.165) is 5.56 Å². The SMILES string of the molecule is N[C@H]1CC2COC(c3ccccc3)N2C1=O. The fourth-order valence-corrected chi connectivity index (χ4v) is 2.49. The number of nitrogens with two attached hydrogens (primary N) is 1. The van der Waals surface area contributed by atoms with Crippen LogP contribution in [-0.4, -0.2) is 29.5 Å². The van der Waals surface area contributed by atoms with Crippen LogP contribution in [0.4, 0.5) is 0 Å². The van der Waals surface area contributed by atoms with E-state index in [4.69, 9.17) is 10.5 Å². The van der Waals surface area contributed by atoms with Gasteiger partial charge < -0.3 is 15.4 Å². The number of hydrogen-bond acceptors (Lipinski definition) is 3. The lowest BCUT2D eigenvalue weighted by atomic mass is 10.2. The zero-order chi connectivity index (χ0) is 11.1. The van der Waals surface area contributed by atoms with Crippen molar-refractivity contribution in [3.05, 3.63) is 35.9 Å². The highest BCUT2D eigenvalue weighted by molar-refractivity contribution is 5.85. The van der Waals surface area contributed by atoms with E-state index >= 15 is 0 Å². The molecule has 1 amide bonds. The van der Waals surface area contributed by atoms with E-state index in [1.807, 2.05) is 30.3 Å². The summed E-state index contributed by atoms with van der Waals surface area (Å²) in [6.07, 6.45) is 0.467. The van der Waals surface area contributed by atoms with Crippen molar-refractivity contribution in [1.82, 2.24) is 4.90 Å². The van der Waals surface area contributed by atoms with Gasteiger partial charge in [-0.15, -0.1) is 0 Å². The summed E-state index contributed by atoms with van der Waals surface area (Å²) in [7, 11) is 0. The van der Waals surface area contributed by atoms with Gasteiger partial charge in [-0.1, -0.05) is 30.3 Å². The van der Waals surface area contributed by atoms with Gasteiger partial charge in [-0.3, -0.25) is 4.79 Å². The van der Waals surface area contributed by atoms with Crippen LogP contribution in [0.3, 0.4) is 0 Å². The highest BCUT2D eigenvalue weighted by Gasteiger charge is 2.46. The minimum absolute atomic E-state index is 0.0105. The molecule has 3 atom stereocenters. The van der Waals surface area contributed by atoms with Crippen molar-refractivity contribution in [3.8, 4) is 0 Å². The van der Waals surface area contributed by atoms with Crippen molar-refractivity contribution in [1.29, 1.82) is 0 Å². The van der Waals surface area contributed by atoms with Crippen molar-refractivity contribution in [2.24, 2.45) is 5.73 Å². The Kier molecular flexibility index (Phi) is 2.19. The predicted octanol–water partition coefficient (Wildman–Crippen LogP) is 0.644. The van der Waals surface area contributed by atoms with Gasteiger partial charge in [0, 0.05) is 5.56 Å². The molecule has 4 heteroatoms. The van der Waals surface area contributed by atoms with Crippen LogP contribution in [0.1, 0.15) is 18.2 Å². The lowest BCUT2D eigenvalue weighted by Crippen LogP contribution is -2.36. The van der Waals surface area contributed by atoms with Crippen LogP contribution in [0.25, 0.3) is 0 Å². The Labute approximate surface area is 94.0 Å². The van der Waals surface area contributed by atoms with E-state index in [1.165, 1.54) is 0 Å². The third kappa shape index (κ3) is 1.34. The first kappa shape index (κ1) is 9.81. The topological polar surface area (TPSA) is 55.6 Å². The number of fused-ring (bicyclic) bond motifs is 1. The molecular weight excluding hydrogens is 204 g/mol. The molecule has 2 unspecified atom stereocenters. The molecule has 2 heterocycles. The molecule has 0 aliphatic carbocycles. The van der Waals surface area contributed by atoms with Crippen LogP contribution >= 0.6 is 0 Å². The van der Waals surface area contributed by atoms with Gasteiger partial charge >= 0.3 is 0 Å². The summed E-state index contributed by atoms with van der Waals surface area (Å²) in [6.45, 7) is 0.596. The first-order chi connectivity index (χ1) is 7.77. The summed E-state index contributed by atoms with van der Waals surface area (Å²) >= 11 is 0. The van der Waals surface area contributed by atoms with E-state index in [1.54, 1.807) is 4.90 Å². The molecule has 1 aromatic rings. The van der Waals surface area contributed by atoms with Crippen molar-refractivity contribution in [3.63, 3.8) is 0 Å². The molecule has 2 aliphatic rings. The van der Waals surface area contributed by atoms with Crippen LogP contribution in [0.5, 0.6) is 0 Å². The largest absolute Gasteiger partial charge is 0.352 e. The molecule has 84 valence electrons.